The minimum Gasteiger partial charge on any atom is -0.335 e. The zero-order chi connectivity index (χ0) is 10.1. The van der Waals surface area contributed by atoms with E-state index in [4.69, 9.17) is 4.52 Å². The molecule has 0 spiro atoms. The fourth-order valence-electron chi connectivity index (χ4n) is 1.36. The fourth-order valence-corrected chi connectivity index (χ4v) is 1.36. The van der Waals surface area contributed by atoms with Crippen molar-refractivity contribution in [1.82, 2.24) is 20.3 Å². The molecule has 0 unspecified atom stereocenters. The minimum atomic E-state index is 0.522. The molecule has 0 saturated carbocycles. The first-order valence-corrected chi connectivity index (χ1v) is 4.43. The molecular formula is C10H6N4O. The summed E-state index contributed by atoms with van der Waals surface area (Å²) >= 11 is 0. The predicted octanol–water partition coefficient (Wildman–Crippen LogP) is 1.68. The molecule has 5 nitrogen and oxygen atoms in total. The normalized spacial score (nSPS) is 10.7. The molecular weight excluding hydrogens is 192 g/mol. The number of hydrogen-bond acceptors (Lipinski definition) is 5. The Bertz CT molecular complexity index is 591. The van der Waals surface area contributed by atoms with E-state index >= 15 is 0 Å². The van der Waals surface area contributed by atoms with E-state index in [1.54, 1.807) is 6.20 Å². The monoisotopic (exact) mass is 198 g/mol. The summed E-state index contributed by atoms with van der Waals surface area (Å²) in [7, 11) is 0. The molecule has 2 heterocycles. The number of nitrogens with zero attached hydrogens (tertiary/aromatic N) is 4. The number of rotatable bonds is 1. The molecule has 15 heavy (non-hydrogen) atoms. The second-order valence-corrected chi connectivity index (χ2v) is 3.03. The van der Waals surface area contributed by atoms with Crippen molar-refractivity contribution < 1.29 is 4.52 Å². The van der Waals surface area contributed by atoms with E-state index in [1.807, 2.05) is 24.3 Å². The number of aromatic nitrogens is 4. The van der Waals surface area contributed by atoms with E-state index in [-0.39, 0.29) is 0 Å². The maximum absolute atomic E-state index is 4.90. The van der Waals surface area contributed by atoms with Gasteiger partial charge in [-0.2, -0.15) is 0 Å². The Hall–Kier alpha value is -2.30. The Balaban J connectivity index is 2.22. The van der Waals surface area contributed by atoms with Crippen LogP contribution in [0.1, 0.15) is 0 Å². The van der Waals surface area contributed by atoms with Crippen molar-refractivity contribution in [3.63, 3.8) is 0 Å². The van der Waals surface area contributed by atoms with Gasteiger partial charge in [-0.25, -0.2) is 4.98 Å². The van der Waals surface area contributed by atoms with Gasteiger partial charge in [0.05, 0.1) is 17.2 Å². The van der Waals surface area contributed by atoms with Crippen molar-refractivity contribution in [1.29, 1.82) is 0 Å². The highest BCUT2D eigenvalue weighted by Crippen LogP contribution is 2.16. The predicted molar refractivity (Wildman–Crippen MR) is 52.8 cm³/mol. The van der Waals surface area contributed by atoms with Gasteiger partial charge in [0.25, 0.3) is 0 Å². The lowest BCUT2D eigenvalue weighted by Crippen LogP contribution is -1.86. The van der Waals surface area contributed by atoms with Crippen LogP contribution in [0.3, 0.4) is 0 Å². The van der Waals surface area contributed by atoms with Crippen LogP contribution in [-0.4, -0.2) is 20.3 Å². The second-order valence-electron chi connectivity index (χ2n) is 3.03. The lowest BCUT2D eigenvalue weighted by atomic mass is 10.3. The highest BCUT2D eigenvalue weighted by atomic mass is 16.5. The molecule has 72 valence electrons. The van der Waals surface area contributed by atoms with Crippen LogP contribution in [0.5, 0.6) is 0 Å². The number of benzene rings is 1. The molecule has 0 fully saturated rings. The van der Waals surface area contributed by atoms with Crippen LogP contribution in [-0.2, 0) is 0 Å². The van der Waals surface area contributed by atoms with Gasteiger partial charge in [-0.05, 0) is 12.1 Å². The van der Waals surface area contributed by atoms with E-state index in [9.17, 15) is 0 Å². The van der Waals surface area contributed by atoms with E-state index in [1.165, 1.54) is 6.20 Å². The molecule has 1 aromatic carbocycles. The summed E-state index contributed by atoms with van der Waals surface area (Å²) in [5.41, 5.74) is 2.32. The molecule has 3 aromatic rings. The van der Waals surface area contributed by atoms with Crippen LogP contribution >= 0.6 is 0 Å². The largest absolute Gasteiger partial charge is 0.335 e. The Morgan fingerprint density at radius 3 is 2.67 bits per heavy atom. The van der Waals surface area contributed by atoms with Crippen LogP contribution in [0.25, 0.3) is 22.5 Å². The first kappa shape index (κ1) is 8.05. The van der Waals surface area contributed by atoms with Gasteiger partial charge in [0, 0.05) is 5.27 Å². The Kier molecular flexibility index (Phi) is 1.68. The summed E-state index contributed by atoms with van der Waals surface area (Å²) in [5, 5.41) is 6.98. The second kappa shape index (κ2) is 3.13. The van der Waals surface area contributed by atoms with Crippen molar-refractivity contribution in [2.75, 3.05) is 0 Å². The molecule has 3 rings (SSSR count). The van der Waals surface area contributed by atoms with E-state index in [0.29, 0.717) is 11.5 Å². The van der Waals surface area contributed by atoms with Crippen molar-refractivity contribution in [3.05, 3.63) is 36.7 Å². The van der Waals surface area contributed by atoms with Gasteiger partial charge < -0.3 is 4.52 Å². The van der Waals surface area contributed by atoms with Crippen molar-refractivity contribution in [2.24, 2.45) is 0 Å². The van der Waals surface area contributed by atoms with Gasteiger partial charge in [0.1, 0.15) is 11.9 Å². The zero-order valence-corrected chi connectivity index (χ0v) is 7.66. The van der Waals surface area contributed by atoms with E-state index < -0.39 is 0 Å². The van der Waals surface area contributed by atoms with Crippen LogP contribution in [0.15, 0.2) is 41.2 Å². The number of fused-ring (bicyclic) bond motifs is 1. The van der Waals surface area contributed by atoms with Gasteiger partial charge >= 0.3 is 0 Å². The molecule has 5 heteroatoms. The first-order valence-electron chi connectivity index (χ1n) is 4.43. The lowest BCUT2D eigenvalue weighted by Gasteiger charge is -1.97. The topological polar surface area (TPSA) is 64.7 Å². The maximum atomic E-state index is 4.90. The molecule has 0 amide bonds. The molecule has 2 aromatic heterocycles. The van der Waals surface area contributed by atoms with Crippen molar-refractivity contribution in [2.45, 2.75) is 0 Å². The molecule has 0 N–H and O–H groups in total. The van der Waals surface area contributed by atoms with Gasteiger partial charge in [-0.15, -0.1) is 5.10 Å². The van der Waals surface area contributed by atoms with Crippen molar-refractivity contribution in [3.8, 4) is 11.5 Å². The van der Waals surface area contributed by atoms with Gasteiger partial charge in [0.15, 0.2) is 0 Å². The average Bonchev–Trinajstić information content (AvgIpc) is 2.82. The summed E-state index contributed by atoms with van der Waals surface area (Å²) in [5.74, 6) is 0.522. The van der Waals surface area contributed by atoms with E-state index in [2.05, 4.69) is 20.3 Å². The van der Waals surface area contributed by atoms with Gasteiger partial charge in [0.2, 0.25) is 5.76 Å². The Morgan fingerprint density at radius 1 is 1.00 bits per heavy atom. The quantitative estimate of drug-likeness (QED) is 0.595. The highest BCUT2D eigenvalue weighted by molar-refractivity contribution is 5.75. The van der Waals surface area contributed by atoms with Gasteiger partial charge in [-0.1, -0.05) is 12.1 Å². The Labute approximate surface area is 84.8 Å². The maximum Gasteiger partial charge on any atom is 0.207 e. The summed E-state index contributed by atoms with van der Waals surface area (Å²) < 4.78 is 4.90. The minimum absolute atomic E-state index is 0.522. The Morgan fingerprint density at radius 2 is 1.87 bits per heavy atom. The molecule has 0 aliphatic rings. The summed E-state index contributed by atoms with van der Waals surface area (Å²) in [6.45, 7) is 0. The summed E-state index contributed by atoms with van der Waals surface area (Å²) in [4.78, 5) is 8.64. The number of hydrogen-bond donors (Lipinski definition) is 0. The third-order valence-electron chi connectivity index (χ3n) is 2.06. The average molecular weight is 198 g/mol. The molecule has 0 aliphatic heterocycles. The lowest BCUT2D eigenvalue weighted by molar-refractivity contribution is 0.402. The summed E-state index contributed by atoms with van der Waals surface area (Å²) in [6.07, 6.45) is 3.16. The number of para-hydroxylation sites is 2. The van der Waals surface area contributed by atoms with E-state index in [0.717, 1.165) is 11.0 Å². The highest BCUT2D eigenvalue weighted by Gasteiger charge is 2.05. The first-order chi connectivity index (χ1) is 7.43. The molecule has 0 bridgehead atoms. The SMILES string of the molecule is c1ccc2nc(-c3cnno3)cnc2c1. The molecule has 0 radical (unpaired) electrons. The molecule has 0 saturated heterocycles. The smallest absolute Gasteiger partial charge is 0.207 e. The van der Waals surface area contributed by atoms with Gasteiger partial charge in [-0.3, -0.25) is 4.98 Å². The molecule has 0 atom stereocenters. The third kappa shape index (κ3) is 1.34. The summed E-state index contributed by atoms with van der Waals surface area (Å²) in [6, 6.07) is 7.65. The molecule has 0 aliphatic carbocycles. The van der Waals surface area contributed by atoms with Crippen molar-refractivity contribution >= 4 is 11.0 Å². The standard InChI is InChI=1S/C10H6N4O/c1-2-4-8-7(3-1)11-5-9(13-8)10-6-12-14-15-10/h1-6H. The van der Waals surface area contributed by atoms with Crippen LogP contribution in [0.2, 0.25) is 0 Å². The van der Waals surface area contributed by atoms with Crippen LogP contribution in [0.4, 0.5) is 0 Å². The van der Waals surface area contributed by atoms with Crippen LogP contribution in [0, 0.1) is 0 Å². The van der Waals surface area contributed by atoms with Crippen LogP contribution < -0.4 is 0 Å². The fraction of sp³-hybridized carbons (Fsp3) is 0. The zero-order valence-electron chi connectivity index (χ0n) is 7.66. The third-order valence-corrected chi connectivity index (χ3v) is 2.06.